The van der Waals surface area contributed by atoms with Gasteiger partial charge in [0.05, 0.1) is 85.9 Å². The molecule has 0 bridgehead atoms. The molecule has 0 saturated carbocycles. The van der Waals surface area contributed by atoms with Gasteiger partial charge in [0.25, 0.3) is 0 Å². The molecule has 0 N–H and O–H groups in total. The van der Waals surface area contributed by atoms with Crippen LogP contribution in [0.15, 0.2) is 12.7 Å². The van der Waals surface area contributed by atoms with Gasteiger partial charge in [-0.05, 0) is 6.42 Å². The van der Waals surface area contributed by atoms with Crippen molar-refractivity contribution in [2.24, 2.45) is 0 Å². The summed E-state index contributed by atoms with van der Waals surface area (Å²) in [6.45, 7) is 14.2. The highest BCUT2D eigenvalue weighted by atomic mass is 16.6. The number of hydrogen-bond donors (Lipinski definition) is 0. The summed E-state index contributed by atoms with van der Waals surface area (Å²) in [6, 6.07) is 0. The van der Waals surface area contributed by atoms with Gasteiger partial charge in [-0.2, -0.15) is 0 Å². The molecule has 0 rings (SSSR count). The maximum absolute atomic E-state index is 5.60. The molecule has 0 aliphatic heterocycles. The van der Waals surface area contributed by atoms with Gasteiger partial charge in [0, 0.05) is 6.61 Å². The Labute approximate surface area is 197 Å². The second-order valence-electron chi connectivity index (χ2n) is 7.51. The fraction of sp³-hybridized carbons (Fsp3) is 0.920. The molecule has 7 nitrogen and oxygen atoms in total. The van der Waals surface area contributed by atoms with Gasteiger partial charge < -0.3 is 33.2 Å². The Morgan fingerprint density at radius 2 is 0.719 bits per heavy atom. The second-order valence-corrected chi connectivity index (χ2v) is 7.51. The molecule has 192 valence electrons. The van der Waals surface area contributed by atoms with E-state index in [-0.39, 0.29) is 0 Å². The Morgan fingerprint density at radius 1 is 0.406 bits per heavy atom. The van der Waals surface area contributed by atoms with E-state index in [9.17, 15) is 0 Å². The first kappa shape index (κ1) is 31.5. The zero-order valence-electron chi connectivity index (χ0n) is 20.7. The SMILES string of the molecule is C=CCOCCOCCOCCOCCOCCOCCOCCCCCCCCCC. The molecule has 0 saturated heterocycles. The fourth-order valence-electron chi connectivity index (χ4n) is 2.82. The molecule has 0 aliphatic rings. The summed E-state index contributed by atoms with van der Waals surface area (Å²) >= 11 is 0. The molecule has 0 fully saturated rings. The Bertz CT molecular complexity index is 342. The molecule has 0 aromatic heterocycles. The predicted molar refractivity (Wildman–Crippen MR) is 129 cm³/mol. The number of rotatable bonds is 29. The fourth-order valence-corrected chi connectivity index (χ4v) is 2.82. The third-order valence-corrected chi connectivity index (χ3v) is 4.61. The number of ether oxygens (including phenoxy) is 7. The van der Waals surface area contributed by atoms with Crippen molar-refractivity contribution >= 4 is 0 Å². The summed E-state index contributed by atoms with van der Waals surface area (Å²) in [5.74, 6) is 0. The van der Waals surface area contributed by atoms with Crippen LogP contribution in [-0.2, 0) is 33.2 Å². The topological polar surface area (TPSA) is 64.6 Å². The van der Waals surface area contributed by atoms with Gasteiger partial charge in [-0.1, -0.05) is 57.9 Å². The van der Waals surface area contributed by atoms with Crippen LogP contribution in [0, 0.1) is 0 Å². The smallest absolute Gasteiger partial charge is 0.0704 e. The lowest BCUT2D eigenvalue weighted by molar-refractivity contribution is -0.0198. The van der Waals surface area contributed by atoms with E-state index in [0.29, 0.717) is 85.9 Å². The van der Waals surface area contributed by atoms with Crippen molar-refractivity contribution in [3.05, 3.63) is 12.7 Å². The molecule has 0 aromatic rings. The summed E-state index contributed by atoms with van der Waals surface area (Å²) in [5, 5.41) is 0. The van der Waals surface area contributed by atoms with Gasteiger partial charge in [-0.3, -0.25) is 0 Å². The Balaban J connectivity index is 2.99. The van der Waals surface area contributed by atoms with Gasteiger partial charge in [0.2, 0.25) is 0 Å². The molecular formula is C25H50O7. The summed E-state index contributed by atoms with van der Waals surface area (Å²) in [7, 11) is 0. The van der Waals surface area contributed by atoms with Crippen molar-refractivity contribution in [2.45, 2.75) is 58.3 Å². The molecule has 0 spiro atoms. The van der Waals surface area contributed by atoms with Crippen molar-refractivity contribution < 1.29 is 33.2 Å². The molecule has 0 atom stereocenters. The highest BCUT2D eigenvalue weighted by molar-refractivity contribution is 4.63. The maximum Gasteiger partial charge on any atom is 0.0704 e. The first-order valence-corrected chi connectivity index (χ1v) is 12.6. The second kappa shape index (κ2) is 30.5. The lowest BCUT2D eigenvalue weighted by Gasteiger charge is -2.08. The molecule has 7 heteroatoms. The first-order chi connectivity index (χ1) is 15.9. The minimum absolute atomic E-state index is 0.554. The zero-order valence-corrected chi connectivity index (χ0v) is 20.7. The van der Waals surface area contributed by atoms with Crippen LogP contribution in [0.25, 0.3) is 0 Å². The predicted octanol–water partition coefficient (Wildman–Crippen LogP) is 4.43. The lowest BCUT2D eigenvalue weighted by Crippen LogP contribution is -2.14. The third kappa shape index (κ3) is 29.5. The standard InChI is InChI=1S/C25H50O7/c1-3-5-6-7-8-9-10-11-13-27-15-17-29-19-21-31-23-25-32-24-22-30-20-18-28-16-14-26-12-4-2/h4H,2-3,5-25H2,1H3. The van der Waals surface area contributed by atoms with Crippen molar-refractivity contribution in [2.75, 3.05) is 92.5 Å². The largest absolute Gasteiger partial charge is 0.379 e. The van der Waals surface area contributed by atoms with Crippen molar-refractivity contribution in [3.63, 3.8) is 0 Å². The number of unbranched alkanes of at least 4 members (excludes halogenated alkanes) is 7. The van der Waals surface area contributed by atoms with Crippen LogP contribution >= 0.6 is 0 Å². The maximum atomic E-state index is 5.60. The van der Waals surface area contributed by atoms with Crippen LogP contribution in [0.3, 0.4) is 0 Å². The zero-order chi connectivity index (χ0) is 23.2. The lowest BCUT2D eigenvalue weighted by atomic mass is 10.1. The molecule has 0 heterocycles. The van der Waals surface area contributed by atoms with Crippen LogP contribution < -0.4 is 0 Å². The molecular weight excluding hydrogens is 412 g/mol. The normalized spacial score (nSPS) is 11.3. The van der Waals surface area contributed by atoms with Crippen molar-refractivity contribution in [1.82, 2.24) is 0 Å². The highest BCUT2D eigenvalue weighted by Gasteiger charge is 1.95. The van der Waals surface area contributed by atoms with E-state index in [1.54, 1.807) is 6.08 Å². The van der Waals surface area contributed by atoms with Gasteiger partial charge >= 0.3 is 0 Å². The summed E-state index contributed by atoms with van der Waals surface area (Å²) in [4.78, 5) is 0. The monoisotopic (exact) mass is 462 g/mol. The molecule has 0 radical (unpaired) electrons. The van der Waals surface area contributed by atoms with E-state index in [1.807, 2.05) is 0 Å². The van der Waals surface area contributed by atoms with Crippen LogP contribution in [0.1, 0.15) is 58.3 Å². The Hall–Kier alpha value is -0.540. The molecule has 0 aromatic carbocycles. The van der Waals surface area contributed by atoms with E-state index in [1.165, 1.54) is 44.9 Å². The summed E-state index contributed by atoms with van der Waals surface area (Å²) in [6.07, 6.45) is 12.3. The van der Waals surface area contributed by atoms with Gasteiger partial charge in [0.1, 0.15) is 0 Å². The van der Waals surface area contributed by atoms with Gasteiger partial charge in [0.15, 0.2) is 0 Å². The van der Waals surface area contributed by atoms with E-state index < -0.39 is 0 Å². The van der Waals surface area contributed by atoms with E-state index in [0.717, 1.165) is 13.0 Å². The molecule has 0 unspecified atom stereocenters. The molecule has 32 heavy (non-hydrogen) atoms. The van der Waals surface area contributed by atoms with Gasteiger partial charge in [-0.25, -0.2) is 0 Å². The molecule has 0 aliphatic carbocycles. The average molecular weight is 463 g/mol. The average Bonchev–Trinajstić information content (AvgIpc) is 2.81. The van der Waals surface area contributed by atoms with E-state index in [2.05, 4.69) is 13.5 Å². The van der Waals surface area contributed by atoms with Crippen LogP contribution in [0.2, 0.25) is 0 Å². The summed E-state index contributed by atoms with van der Waals surface area (Å²) < 4.78 is 38.0. The van der Waals surface area contributed by atoms with Crippen LogP contribution in [0.5, 0.6) is 0 Å². The summed E-state index contributed by atoms with van der Waals surface area (Å²) in [5.41, 5.74) is 0. The minimum atomic E-state index is 0.554. The number of hydrogen-bond acceptors (Lipinski definition) is 7. The highest BCUT2D eigenvalue weighted by Crippen LogP contribution is 2.08. The third-order valence-electron chi connectivity index (χ3n) is 4.61. The van der Waals surface area contributed by atoms with Crippen molar-refractivity contribution in [3.8, 4) is 0 Å². The quantitative estimate of drug-likeness (QED) is 0.120. The minimum Gasteiger partial charge on any atom is -0.379 e. The van der Waals surface area contributed by atoms with Gasteiger partial charge in [-0.15, -0.1) is 6.58 Å². The van der Waals surface area contributed by atoms with Crippen LogP contribution in [0.4, 0.5) is 0 Å². The van der Waals surface area contributed by atoms with E-state index >= 15 is 0 Å². The van der Waals surface area contributed by atoms with E-state index in [4.69, 9.17) is 33.2 Å². The first-order valence-electron chi connectivity index (χ1n) is 12.6. The Kier molecular flexibility index (Phi) is 29.9. The van der Waals surface area contributed by atoms with Crippen LogP contribution in [-0.4, -0.2) is 92.5 Å². The Morgan fingerprint density at radius 3 is 1.09 bits per heavy atom. The molecule has 0 amide bonds. The van der Waals surface area contributed by atoms with Crippen molar-refractivity contribution in [1.29, 1.82) is 0 Å².